The fraction of sp³-hybridized carbons (Fsp3) is 0.636. The standard InChI is InChI=1S/C11H15N3O2/c12-6-10-7-14(3-4-16-10)11(15)8-1-2-9(13)5-8/h1-2,8-10H,3-5,7,13H2. The number of nitrogens with two attached hydrogens (primary N) is 1. The second-order valence-electron chi connectivity index (χ2n) is 4.16. The number of hydrogen-bond donors (Lipinski definition) is 1. The molecule has 5 nitrogen and oxygen atoms in total. The molecule has 0 aromatic rings. The van der Waals surface area contributed by atoms with Crippen LogP contribution in [0.5, 0.6) is 0 Å². The number of nitrogens with zero attached hydrogens (tertiary/aromatic N) is 2. The molecule has 0 spiro atoms. The SMILES string of the molecule is N#CC1CN(C(=O)C2C=CC(N)C2)CCO1. The zero-order chi connectivity index (χ0) is 11.5. The minimum absolute atomic E-state index is 0.0123. The first kappa shape index (κ1) is 11.1. The lowest BCUT2D eigenvalue weighted by molar-refractivity contribution is -0.139. The number of amides is 1. The predicted molar refractivity (Wildman–Crippen MR) is 57.2 cm³/mol. The number of ether oxygens (including phenoxy) is 1. The third-order valence-electron chi connectivity index (χ3n) is 2.96. The van der Waals surface area contributed by atoms with Gasteiger partial charge in [0.05, 0.1) is 25.1 Å². The van der Waals surface area contributed by atoms with Crippen LogP contribution in [0.15, 0.2) is 12.2 Å². The number of carbonyl (C=O) groups excluding carboxylic acids is 1. The average Bonchev–Trinajstić information content (AvgIpc) is 2.75. The van der Waals surface area contributed by atoms with Crippen molar-refractivity contribution in [1.29, 1.82) is 5.26 Å². The highest BCUT2D eigenvalue weighted by atomic mass is 16.5. The molecule has 2 aliphatic rings. The second kappa shape index (κ2) is 4.64. The van der Waals surface area contributed by atoms with Crippen LogP contribution in [0.3, 0.4) is 0 Å². The molecule has 3 unspecified atom stereocenters. The van der Waals surface area contributed by atoms with E-state index >= 15 is 0 Å². The van der Waals surface area contributed by atoms with E-state index in [9.17, 15) is 4.79 Å². The van der Waals surface area contributed by atoms with E-state index in [4.69, 9.17) is 15.7 Å². The molecule has 0 aromatic carbocycles. The van der Waals surface area contributed by atoms with Gasteiger partial charge in [-0.25, -0.2) is 0 Å². The molecular weight excluding hydrogens is 206 g/mol. The van der Waals surface area contributed by atoms with Crippen molar-refractivity contribution in [3.63, 3.8) is 0 Å². The van der Waals surface area contributed by atoms with Crippen molar-refractivity contribution in [2.45, 2.75) is 18.6 Å². The van der Waals surface area contributed by atoms with Gasteiger partial charge in [0, 0.05) is 12.6 Å². The minimum Gasteiger partial charge on any atom is -0.360 e. The summed E-state index contributed by atoms with van der Waals surface area (Å²) in [4.78, 5) is 13.8. The molecule has 2 N–H and O–H groups in total. The summed E-state index contributed by atoms with van der Waals surface area (Å²) in [5, 5.41) is 8.75. The molecule has 1 saturated heterocycles. The summed E-state index contributed by atoms with van der Waals surface area (Å²) >= 11 is 0. The van der Waals surface area contributed by atoms with Crippen molar-refractivity contribution >= 4 is 5.91 Å². The quantitative estimate of drug-likeness (QED) is 0.613. The molecular formula is C11H15N3O2. The zero-order valence-electron chi connectivity index (χ0n) is 9.00. The fourth-order valence-electron chi connectivity index (χ4n) is 2.07. The molecule has 1 amide bonds. The zero-order valence-corrected chi connectivity index (χ0v) is 9.00. The molecule has 1 aliphatic carbocycles. The Morgan fingerprint density at radius 2 is 2.38 bits per heavy atom. The van der Waals surface area contributed by atoms with Crippen molar-refractivity contribution in [2.24, 2.45) is 11.7 Å². The Bertz CT molecular complexity index is 348. The molecule has 1 heterocycles. The summed E-state index contributed by atoms with van der Waals surface area (Å²) in [6.45, 7) is 1.37. The molecule has 5 heteroatoms. The number of morpholine rings is 1. The Labute approximate surface area is 94.5 Å². The molecule has 0 radical (unpaired) electrons. The van der Waals surface area contributed by atoms with Gasteiger partial charge in [-0.2, -0.15) is 5.26 Å². The lowest BCUT2D eigenvalue weighted by atomic mass is 10.1. The summed E-state index contributed by atoms with van der Waals surface area (Å²) in [6, 6.07) is 2.02. The van der Waals surface area contributed by atoms with E-state index in [2.05, 4.69) is 0 Å². The van der Waals surface area contributed by atoms with E-state index in [-0.39, 0.29) is 17.9 Å². The van der Waals surface area contributed by atoms with Crippen LogP contribution in [-0.4, -0.2) is 42.6 Å². The Kier molecular flexibility index (Phi) is 3.22. The highest BCUT2D eigenvalue weighted by Crippen LogP contribution is 2.20. The van der Waals surface area contributed by atoms with E-state index in [0.717, 1.165) is 0 Å². The van der Waals surface area contributed by atoms with Crippen molar-refractivity contribution in [1.82, 2.24) is 4.90 Å². The first-order valence-electron chi connectivity index (χ1n) is 5.44. The van der Waals surface area contributed by atoms with Gasteiger partial charge in [0.2, 0.25) is 5.91 Å². The van der Waals surface area contributed by atoms with Gasteiger partial charge < -0.3 is 15.4 Å². The van der Waals surface area contributed by atoms with E-state index in [0.29, 0.717) is 26.1 Å². The average molecular weight is 221 g/mol. The van der Waals surface area contributed by atoms with Crippen LogP contribution in [0.2, 0.25) is 0 Å². The van der Waals surface area contributed by atoms with Crippen LogP contribution in [0, 0.1) is 17.2 Å². The van der Waals surface area contributed by atoms with Gasteiger partial charge in [-0.3, -0.25) is 4.79 Å². The molecule has 1 fully saturated rings. The van der Waals surface area contributed by atoms with Crippen LogP contribution in [0.4, 0.5) is 0 Å². The van der Waals surface area contributed by atoms with Crippen molar-refractivity contribution in [3.8, 4) is 6.07 Å². The van der Waals surface area contributed by atoms with Crippen LogP contribution in [-0.2, 0) is 9.53 Å². The van der Waals surface area contributed by atoms with Crippen LogP contribution < -0.4 is 5.73 Å². The smallest absolute Gasteiger partial charge is 0.229 e. The summed E-state index contributed by atoms with van der Waals surface area (Å²) in [6.07, 6.45) is 3.92. The number of rotatable bonds is 1. The predicted octanol–water partition coefficient (Wildman–Crippen LogP) is -0.359. The summed E-state index contributed by atoms with van der Waals surface area (Å²) in [5.41, 5.74) is 5.71. The summed E-state index contributed by atoms with van der Waals surface area (Å²) in [5.74, 6) is -0.0554. The monoisotopic (exact) mass is 221 g/mol. The van der Waals surface area contributed by atoms with Gasteiger partial charge in [0.15, 0.2) is 6.10 Å². The first-order valence-corrected chi connectivity index (χ1v) is 5.44. The lowest BCUT2D eigenvalue weighted by Gasteiger charge is -2.31. The molecule has 0 saturated carbocycles. The van der Waals surface area contributed by atoms with Crippen LogP contribution in [0.1, 0.15) is 6.42 Å². The Balaban J connectivity index is 1.95. The Morgan fingerprint density at radius 1 is 1.56 bits per heavy atom. The third kappa shape index (κ3) is 2.23. The number of carbonyl (C=O) groups is 1. The van der Waals surface area contributed by atoms with Crippen molar-refractivity contribution in [2.75, 3.05) is 19.7 Å². The molecule has 2 rings (SSSR count). The highest BCUT2D eigenvalue weighted by Gasteiger charge is 2.30. The Morgan fingerprint density at radius 3 is 3.00 bits per heavy atom. The Hall–Kier alpha value is -1.38. The van der Waals surface area contributed by atoms with Crippen LogP contribution >= 0.6 is 0 Å². The molecule has 0 bridgehead atoms. The van der Waals surface area contributed by atoms with Gasteiger partial charge in [-0.05, 0) is 6.42 Å². The van der Waals surface area contributed by atoms with E-state index in [1.807, 2.05) is 18.2 Å². The third-order valence-corrected chi connectivity index (χ3v) is 2.96. The highest BCUT2D eigenvalue weighted by molar-refractivity contribution is 5.81. The van der Waals surface area contributed by atoms with E-state index < -0.39 is 6.10 Å². The van der Waals surface area contributed by atoms with E-state index in [1.54, 1.807) is 4.90 Å². The fourth-order valence-corrected chi connectivity index (χ4v) is 2.07. The molecule has 3 atom stereocenters. The van der Waals surface area contributed by atoms with Crippen molar-refractivity contribution < 1.29 is 9.53 Å². The van der Waals surface area contributed by atoms with E-state index in [1.165, 1.54) is 0 Å². The minimum atomic E-state index is -0.489. The molecule has 86 valence electrons. The van der Waals surface area contributed by atoms with Gasteiger partial charge >= 0.3 is 0 Å². The van der Waals surface area contributed by atoms with Gasteiger partial charge in [-0.15, -0.1) is 0 Å². The van der Waals surface area contributed by atoms with Gasteiger partial charge in [0.25, 0.3) is 0 Å². The maximum Gasteiger partial charge on any atom is 0.229 e. The van der Waals surface area contributed by atoms with Gasteiger partial charge in [0.1, 0.15) is 0 Å². The summed E-state index contributed by atoms with van der Waals surface area (Å²) < 4.78 is 5.19. The van der Waals surface area contributed by atoms with Gasteiger partial charge in [-0.1, -0.05) is 12.2 Å². The first-order chi connectivity index (χ1) is 7.70. The summed E-state index contributed by atoms with van der Waals surface area (Å²) in [7, 11) is 0. The molecule has 1 aliphatic heterocycles. The molecule has 16 heavy (non-hydrogen) atoms. The maximum absolute atomic E-state index is 12.1. The van der Waals surface area contributed by atoms with Crippen molar-refractivity contribution in [3.05, 3.63) is 12.2 Å². The topological polar surface area (TPSA) is 79.4 Å². The maximum atomic E-state index is 12.1. The number of hydrogen-bond acceptors (Lipinski definition) is 4. The lowest BCUT2D eigenvalue weighted by Crippen LogP contribution is -2.47. The largest absolute Gasteiger partial charge is 0.360 e. The normalized spacial score (nSPS) is 33.8. The van der Waals surface area contributed by atoms with Crippen LogP contribution in [0.25, 0.3) is 0 Å². The second-order valence-corrected chi connectivity index (χ2v) is 4.16. The number of nitriles is 1. The molecule has 0 aromatic heterocycles.